The second kappa shape index (κ2) is 7.95. The molecule has 0 aliphatic carbocycles. The van der Waals surface area contributed by atoms with E-state index in [9.17, 15) is 4.79 Å². The first-order valence-corrected chi connectivity index (χ1v) is 7.46. The van der Waals surface area contributed by atoms with Gasteiger partial charge in [-0.15, -0.1) is 0 Å². The number of hydrogen-bond acceptors (Lipinski definition) is 5. The number of carbonyl (C=O) groups is 1. The van der Waals surface area contributed by atoms with E-state index in [2.05, 4.69) is 10.3 Å². The van der Waals surface area contributed by atoms with Gasteiger partial charge in [0.2, 0.25) is 0 Å². The number of aromatic nitrogens is 1. The molecule has 0 radical (unpaired) electrons. The molecule has 1 saturated heterocycles. The molecule has 0 saturated carbocycles. The lowest BCUT2D eigenvalue weighted by Crippen LogP contribution is -2.41. The second-order valence-electron chi connectivity index (χ2n) is 5.04. The van der Waals surface area contributed by atoms with E-state index >= 15 is 0 Å². The number of amides is 1. The van der Waals surface area contributed by atoms with Crippen LogP contribution in [0.25, 0.3) is 0 Å². The van der Waals surface area contributed by atoms with Crippen LogP contribution in [0.1, 0.15) is 30.1 Å². The minimum Gasteiger partial charge on any atom is -0.394 e. The highest BCUT2D eigenvalue weighted by atomic mass is 16.5. The van der Waals surface area contributed by atoms with E-state index in [0.717, 1.165) is 25.1 Å². The van der Waals surface area contributed by atoms with Crippen molar-refractivity contribution in [2.45, 2.75) is 25.9 Å². The summed E-state index contributed by atoms with van der Waals surface area (Å²) in [5, 5.41) is 12.0. The van der Waals surface area contributed by atoms with Crippen molar-refractivity contribution in [3.05, 3.63) is 24.0 Å². The molecule has 116 valence electrons. The first kappa shape index (κ1) is 15.7. The molecule has 2 heterocycles. The Balaban J connectivity index is 1.96. The van der Waals surface area contributed by atoms with Gasteiger partial charge in [0.1, 0.15) is 0 Å². The maximum Gasteiger partial charge on any atom is 0.257 e. The highest BCUT2D eigenvalue weighted by Gasteiger charge is 2.25. The summed E-state index contributed by atoms with van der Waals surface area (Å²) >= 11 is 0. The lowest BCUT2D eigenvalue weighted by Gasteiger charge is -2.32. The Labute approximate surface area is 125 Å². The van der Waals surface area contributed by atoms with Gasteiger partial charge >= 0.3 is 0 Å². The molecular weight excluding hydrogens is 270 g/mol. The summed E-state index contributed by atoms with van der Waals surface area (Å²) in [5.74, 6) is 0.0136. The number of aliphatic hydroxyl groups excluding tert-OH is 1. The minimum absolute atomic E-state index is 0.0136. The van der Waals surface area contributed by atoms with Crippen molar-refractivity contribution in [2.75, 3.05) is 38.2 Å². The summed E-state index contributed by atoms with van der Waals surface area (Å²) in [6.07, 6.45) is 5.06. The van der Waals surface area contributed by atoms with E-state index in [1.54, 1.807) is 12.4 Å². The Bertz CT molecular complexity index is 459. The molecule has 1 aromatic heterocycles. The van der Waals surface area contributed by atoms with Crippen molar-refractivity contribution in [3.8, 4) is 0 Å². The van der Waals surface area contributed by atoms with E-state index in [1.165, 1.54) is 0 Å². The van der Waals surface area contributed by atoms with Crippen LogP contribution >= 0.6 is 0 Å². The maximum absolute atomic E-state index is 12.6. The van der Waals surface area contributed by atoms with Gasteiger partial charge in [0.25, 0.3) is 5.91 Å². The van der Waals surface area contributed by atoms with E-state index in [1.807, 2.05) is 17.9 Å². The topological polar surface area (TPSA) is 74.7 Å². The molecule has 0 spiro atoms. The van der Waals surface area contributed by atoms with Crippen LogP contribution in [0.4, 0.5) is 5.69 Å². The van der Waals surface area contributed by atoms with Gasteiger partial charge in [0, 0.05) is 32.0 Å². The zero-order valence-corrected chi connectivity index (χ0v) is 12.4. The zero-order valence-electron chi connectivity index (χ0n) is 12.4. The van der Waals surface area contributed by atoms with Crippen LogP contribution in [0, 0.1) is 0 Å². The number of carbonyl (C=O) groups excluding carboxylic acids is 1. The number of rotatable bonds is 6. The minimum atomic E-state index is 0.0136. The Morgan fingerprint density at radius 3 is 2.95 bits per heavy atom. The molecule has 2 rings (SSSR count). The average Bonchev–Trinajstić information content (AvgIpc) is 2.53. The molecule has 1 amide bonds. The fraction of sp³-hybridized carbons (Fsp3) is 0.600. The van der Waals surface area contributed by atoms with Crippen LogP contribution in [-0.2, 0) is 4.74 Å². The van der Waals surface area contributed by atoms with Crippen LogP contribution in [0.2, 0.25) is 0 Å². The van der Waals surface area contributed by atoms with Gasteiger partial charge in [-0.3, -0.25) is 9.78 Å². The predicted octanol–water partition coefficient (Wildman–Crippen LogP) is 1.13. The zero-order chi connectivity index (χ0) is 15.1. The number of piperidine rings is 1. The predicted molar refractivity (Wildman–Crippen MR) is 80.4 cm³/mol. The molecule has 2 N–H and O–H groups in total. The van der Waals surface area contributed by atoms with Crippen LogP contribution in [-0.4, -0.2) is 59.8 Å². The number of ether oxygens (including phenoxy) is 1. The molecular formula is C15H23N3O3. The smallest absolute Gasteiger partial charge is 0.257 e. The van der Waals surface area contributed by atoms with E-state index < -0.39 is 0 Å². The lowest BCUT2D eigenvalue weighted by molar-refractivity contribution is -0.00553. The van der Waals surface area contributed by atoms with Crippen molar-refractivity contribution in [1.82, 2.24) is 9.88 Å². The number of nitrogens with zero attached hydrogens (tertiary/aromatic N) is 2. The highest BCUT2D eigenvalue weighted by molar-refractivity contribution is 5.99. The molecule has 1 aromatic rings. The van der Waals surface area contributed by atoms with Gasteiger partial charge in [0.15, 0.2) is 0 Å². The van der Waals surface area contributed by atoms with Crippen molar-refractivity contribution in [3.63, 3.8) is 0 Å². The van der Waals surface area contributed by atoms with Gasteiger partial charge < -0.3 is 20.1 Å². The largest absolute Gasteiger partial charge is 0.394 e. The van der Waals surface area contributed by atoms with E-state index in [0.29, 0.717) is 25.3 Å². The van der Waals surface area contributed by atoms with Gasteiger partial charge in [0.05, 0.1) is 30.6 Å². The number of nitrogens with one attached hydrogen (secondary N) is 1. The summed E-state index contributed by atoms with van der Waals surface area (Å²) < 4.78 is 5.52. The van der Waals surface area contributed by atoms with Crippen LogP contribution < -0.4 is 5.32 Å². The average molecular weight is 293 g/mol. The number of aliphatic hydroxyl groups is 1. The van der Waals surface area contributed by atoms with Crippen molar-refractivity contribution in [2.24, 2.45) is 0 Å². The van der Waals surface area contributed by atoms with Crippen LogP contribution in [0.3, 0.4) is 0 Å². The number of likely N-dealkylation sites (tertiary alicyclic amines) is 1. The standard InChI is InChI=1S/C15H23N3O3/c1-2-17-14-3-6-16-11-13(14)15(20)18-7-4-12(5-8-18)21-10-9-19/h3,6,11-12,19H,2,4-5,7-10H2,1H3,(H,16,17). The highest BCUT2D eigenvalue weighted by Crippen LogP contribution is 2.20. The van der Waals surface area contributed by atoms with Crippen molar-refractivity contribution >= 4 is 11.6 Å². The molecule has 0 atom stereocenters. The molecule has 0 unspecified atom stereocenters. The first-order chi connectivity index (χ1) is 10.3. The number of anilines is 1. The van der Waals surface area contributed by atoms with E-state index in [-0.39, 0.29) is 18.6 Å². The summed E-state index contributed by atoms with van der Waals surface area (Å²) in [6.45, 7) is 4.53. The molecule has 21 heavy (non-hydrogen) atoms. The fourth-order valence-corrected chi connectivity index (χ4v) is 2.52. The first-order valence-electron chi connectivity index (χ1n) is 7.46. The molecule has 6 nitrogen and oxygen atoms in total. The normalized spacial score (nSPS) is 16.0. The Kier molecular flexibility index (Phi) is 5.95. The van der Waals surface area contributed by atoms with Gasteiger partial charge in [-0.25, -0.2) is 0 Å². The lowest BCUT2D eigenvalue weighted by atomic mass is 10.1. The summed E-state index contributed by atoms with van der Waals surface area (Å²) in [6, 6.07) is 1.83. The van der Waals surface area contributed by atoms with Crippen molar-refractivity contribution in [1.29, 1.82) is 0 Å². The molecule has 1 aliphatic rings. The summed E-state index contributed by atoms with van der Waals surface area (Å²) in [7, 11) is 0. The Morgan fingerprint density at radius 1 is 1.52 bits per heavy atom. The third-order valence-corrected chi connectivity index (χ3v) is 3.59. The summed E-state index contributed by atoms with van der Waals surface area (Å²) in [4.78, 5) is 18.5. The summed E-state index contributed by atoms with van der Waals surface area (Å²) in [5.41, 5.74) is 1.45. The third-order valence-electron chi connectivity index (χ3n) is 3.59. The quantitative estimate of drug-likeness (QED) is 0.822. The second-order valence-corrected chi connectivity index (χ2v) is 5.04. The van der Waals surface area contributed by atoms with E-state index in [4.69, 9.17) is 9.84 Å². The Morgan fingerprint density at radius 2 is 2.29 bits per heavy atom. The van der Waals surface area contributed by atoms with Crippen molar-refractivity contribution < 1.29 is 14.6 Å². The molecule has 6 heteroatoms. The fourth-order valence-electron chi connectivity index (χ4n) is 2.52. The van der Waals surface area contributed by atoms with Gasteiger partial charge in [-0.1, -0.05) is 0 Å². The maximum atomic E-state index is 12.6. The van der Waals surface area contributed by atoms with Crippen LogP contribution in [0.5, 0.6) is 0 Å². The van der Waals surface area contributed by atoms with Gasteiger partial charge in [-0.05, 0) is 25.8 Å². The SMILES string of the molecule is CCNc1ccncc1C(=O)N1CCC(OCCO)CC1. The monoisotopic (exact) mass is 293 g/mol. The van der Waals surface area contributed by atoms with Crippen LogP contribution in [0.15, 0.2) is 18.5 Å². The number of pyridine rings is 1. The number of hydrogen-bond donors (Lipinski definition) is 2. The third kappa shape index (κ3) is 4.15. The van der Waals surface area contributed by atoms with Gasteiger partial charge in [-0.2, -0.15) is 0 Å². The Hall–Kier alpha value is -1.66. The molecule has 1 aliphatic heterocycles. The molecule has 1 fully saturated rings. The molecule has 0 bridgehead atoms. The molecule has 0 aromatic carbocycles.